The average molecular weight is 279 g/mol. The Morgan fingerprint density at radius 2 is 2.00 bits per heavy atom. The van der Waals surface area contributed by atoms with Crippen LogP contribution in [0.25, 0.3) is 0 Å². The van der Waals surface area contributed by atoms with Crippen LogP contribution in [0.15, 0.2) is 30.3 Å². The number of hydrogen-bond donors (Lipinski definition) is 2. The van der Waals surface area contributed by atoms with E-state index in [4.69, 9.17) is 4.74 Å². The molecule has 2 unspecified atom stereocenters. The number of benzene rings is 1. The van der Waals surface area contributed by atoms with Gasteiger partial charge < -0.3 is 15.2 Å². The standard InChI is InChI=1S/C17H29NO2/c1-4-5-11-16(15-9-7-6-8-10-15)18-14-17(2,19)12-13-20-3/h6-10,16,18-19H,4-5,11-14H2,1-3H3. The zero-order chi connectivity index (χ0) is 14.8. The molecule has 114 valence electrons. The third-order valence-electron chi connectivity index (χ3n) is 3.62. The molecule has 0 spiro atoms. The molecule has 0 aromatic heterocycles. The van der Waals surface area contributed by atoms with Crippen LogP contribution in [0.4, 0.5) is 0 Å². The van der Waals surface area contributed by atoms with Crippen LogP contribution in [0.5, 0.6) is 0 Å². The fourth-order valence-electron chi connectivity index (χ4n) is 2.23. The molecule has 0 aliphatic carbocycles. The van der Waals surface area contributed by atoms with Crippen molar-refractivity contribution in [3.63, 3.8) is 0 Å². The van der Waals surface area contributed by atoms with E-state index in [0.29, 0.717) is 25.6 Å². The van der Waals surface area contributed by atoms with Crippen molar-refractivity contribution in [1.82, 2.24) is 5.32 Å². The lowest BCUT2D eigenvalue weighted by atomic mass is 9.98. The molecule has 20 heavy (non-hydrogen) atoms. The smallest absolute Gasteiger partial charge is 0.0765 e. The van der Waals surface area contributed by atoms with Crippen molar-refractivity contribution in [3.8, 4) is 0 Å². The summed E-state index contributed by atoms with van der Waals surface area (Å²) in [7, 11) is 1.66. The second-order valence-corrected chi connectivity index (χ2v) is 5.73. The molecule has 0 aliphatic rings. The number of methoxy groups -OCH3 is 1. The highest BCUT2D eigenvalue weighted by atomic mass is 16.5. The number of ether oxygens (including phenoxy) is 1. The van der Waals surface area contributed by atoms with Gasteiger partial charge in [0.05, 0.1) is 5.60 Å². The van der Waals surface area contributed by atoms with Crippen molar-refractivity contribution in [2.45, 2.75) is 51.2 Å². The monoisotopic (exact) mass is 279 g/mol. The predicted molar refractivity (Wildman–Crippen MR) is 83.8 cm³/mol. The molecule has 0 bridgehead atoms. The van der Waals surface area contributed by atoms with Crippen LogP contribution >= 0.6 is 0 Å². The second kappa shape index (κ2) is 9.11. The molecule has 0 radical (unpaired) electrons. The first-order valence-corrected chi connectivity index (χ1v) is 7.58. The van der Waals surface area contributed by atoms with Crippen molar-refractivity contribution >= 4 is 0 Å². The first-order valence-electron chi connectivity index (χ1n) is 7.58. The summed E-state index contributed by atoms with van der Waals surface area (Å²) >= 11 is 0. The minimum atomic E-state index is -0.727. The molecule has 0 amide bonds. The van der Waals surface area contributed by atoms with Gasteiger partial charge in [-0.15, -0.1) is 0 Å². The maximum absolute atomic E-state index is 10.3. The zero-order valence-corrected chi connectivity index (χ0v) is 13.1. The highest BCUT2D eigenvalue weighted by Gasteiger charge is 2.22. The summed E-state index contributed by atoms with van der Waals surface area (Å²) in [5.41, 5.74) is 0.568. The van der Waals surface area contributed by atoms with E-state index in [1.807, 2.05) is 13.0 Å². The van der Waals surface area contributed by atoms with Gasteiger partial charge in [-0.2, -0.15) is 0 Å². The predicted octanol–water partition coefficient (Wildman–Crippen LogP) is 3.30. The zero-order valence-electron chi connectivity index (χ0n) is 13.1. The van der Waals surface area contributed by atoms with Crippen LogP contribution in [0.1, 0.15) is 51.1 Å². The molecular weight excluding hydrogens is 250 g/mol. The molecular formula is C17H29NO2. The molecule has 0 heterocycles. The SMILES string of the molecule is CCCCC(NCC(C)(O)CCOC)c1ccccc1. The minimum Gasteiger partial charge on any atom is -0.389 e. The number of hydrogen-bond acceptors (Lipinski definition) is 3. The van der Waals surface area contributed by atoms with Gasteiger partial charge in [0, 0.05) is 32.7 Å². The van der Waals surface area contributed by atoms with Crippen molar-refractivity contribution in [1.29, 1.82) is 0 Å². The lowest BCUT2D eigenvalue weighted by Gasteiger charge is -2.27. The fourth-order valence-corrected chi connectivity index (χ4v) is 2.23. The highest BCUT2D eigenvalue weighted by Crippen LogP contribution is 2.20. The number of rotatable bonds is 10. The van der Waals surface area contributed by atoms with Gasteiger partial charge in [-0.3, -0.25) is 0 Å². The highest BCUT2D eigenvalue weighted by molar-refractivity contribution is 5.18. The third-order valence-corrected chi connectivity index (χ3v) is 3.62. The molecule has 1 rings (SSSR count). The van der Waals surface area contributed by atoms with Gasteiger partial charge in [0.1, 0.15) is 0 Å². The van der Waals surface area contributed by atoms with Crippen LogP contribution in [0, 0.1) is 0 Å². The lowest BCUT2D eigenvalue weighted by molar-refractivity contribution is 0.0224. The fraction of sp³-hybridized carbons (Fsp3) is 0.647. The summed E-state index contributed by atoms with van der Waals surface area (Å²) in [6.45, 7) is 5.23. The van der Waals surface area contributed by atoms with Gasteiger partial charge in [-0.1, -0.05) is 50.1 Å². The topological polar surface area (TPSA) is 41.5 Å². The van der Waals surface area contributed by atoms with Gasteiger partial charge >= 0.3 is 0 Å². The molecule has 2 N–H and O–H groups in total. The Kier molecular flexibility index (Phi) is 7.82. The molecule has 2 atom stereocenters. The Morgan fingerprint density at radius 3 is 2.60 bits per heavy atom. The van der Waals surface area contributed by atoms with Crippen molar-refractivity contribution in [2.24, 2.45) is 0 Å². The van der Waals surface area contributed by atoms with E-state index in [0.717, 1.165) is 6.42 Å². The third kappa shape index (κ3) is 6.51. The van der Waals surface area contributed by atoms with E-state index in [1.165, 1.54) is 18.4 Å². The Labute approximate surface area is 123 Å². The van der Waals surface area contributed by atoms with E-state index in [9.17, 15) is 5.11 Å². The molecule has 3 heteroatoms. The van der Waals surface area contributed by atoms with Crippen molar-refractivity contribution in [2.75, 3.05) is 20.3 Å². The molecule has 0 saturated carbocycles. The summed E-state index contributed by atoms with van der Waals surface area (Å²) in [6.07, 6.45) is 4.12. The lowest BCUT2D eigenvalue weighted by Crippen LogP contribution is -2.40. The summed E-state index contributed by atoms with van der Waals surface area (Å²) in [5, 5.41) is 13.8. The Morgan fingerprint density at radius 1 is 1.30 bits per heavy atom. The molecule has 1 aromatic carbocycles. The van der Waals surface area contributed by atoms with Crippen LogP contribution in [-0.2, 0) is 4.74 Å². The Balaban J connectivity index is 2.57. The average Bonchev–Trinajstić information content (AvgIpc) is 2.46. The Hall–Kier alpha value is -0.900. The molecule has 1 aromatic rings. The van der Waals surface area contributed by atoms with E-state index in [-0.39, 0.29) is 0 Å². The van der Waals surface area contributed by atoms with E-state index in [1.54, 1.807) is 7.11 Å². The van der Waals surface area contributed by atoms with Gasteiger partial charge in [0.2, 0.25) is 0 Å². The normalized spacial score (nSPS) is 15.8. The van der Waals surface area contributed by atoms with Crippen molar-refractivity contribution < 1.29 is 9.84 Å². The van der Waals surface area contributed by atoms with Gasteiger partial charge in [0.25, 0.3) is 0 Å². The molecule has 3 nitrogen and oxygen atoms in total. The van der Waals surface area contributed by atoms with Crippen LogP contribution < -0.4 is 5.32 Å². The summed E-state index contributed by atoms with van der Waals surface area (Å²) < 4.78 is 5.05. The van der Waals surface area contributed by atoms with Gasteiger partial charge in [-0.25, -0.2) is 0 Å². The van der Waals surface area contributed by atoms with Crippen molar-refractivity contribution in [3.05, 3.63) is 35.9 Å². The molecule has 0 aliphatic heterocycles. The maximum atomic E-state index is 10.3. The van der Waals surface area contributed by atoms with Crippen LogP contribution in [0.3, 0.4) is 0 Å². The summed E-state index contributed by atoms with van der Waals surface area (Å²) in [5.74, 6) is 0. The van der Waals surface area contributed by atoms with E-state index in [2.05, 4.69) is 36.5 Å². The van der Waals surface area contributed by atoms with Crippen LogP contribution in [-0.4, -0.2) is 31.0 Å². The number of aliphatic hydroxyl groups is 1. The molecule has 0 saturated heterocycles. The van der Waals surface area contributed by atoms with E-state index < -0.39 is 5.60 Å². The quantitative estimate of drug-likeness (QED) is 0.690. The summed E-state index contributed by atoms with van der Waals surface area (Å²) in [4.78, 5) is 0. The summed E-state index contributed by atoms with van der Waals surface area (Å²) in [6, 6.07) is 10.8. The first-order chi connectivity index (χ1) is 9.59. The minimum absolute atomic E-state index is 0.310. The second-order valence-electron chi connectivity index (χ2n) is 5.73. The van der Waals surface area contributed by atoms with Gasteiger partial charge in [0.15, 0.2) is 0 Å². The number of nitrogens with one attached hydrogen (secondary N) is 1. The molecule has 0 fully saturated rings. The van der Waals surface area contributed by atoms with E-state index >= 15 is 0 Å². The largest absolute Gasteiger partial charge is 0.389 e. The maximum Gasteiger partial charge on any atom is 0.0765 e. The van der Waals surface area contributed by atoms with Gasteiger partial charge in [-0.05, 0) is 18.9 Å². The first kappa shape index (κ1) is 17.2. The van der Waals surface area contributed by atoms with Crippen LogP contribution in [0.2, 0.25) is 0 Å². The number of unbranched alkanes of at least 4 members (excludes halogenated alkanes) is 1. The Bertz CT molecular complexity index is 351.